The number of benzene rings is 2. The summed E-state index contributed by atoms with van der Waals surface area (Å²) in [4.78, 5) is 24.4. The molecule has 0 saturated carbocycles. The Labute approximate surface area is 143 Å². The number of halogens is 1. The third-order valence-electron chi connectivity index (χ3n) is 4.14. The number of anilines is 1. The lowest BCUT2D eigenvalue weighted by molar-refractivity contribution is -0.118. The molecule has 2 aromatic rings. The summed E-state index contributed by atoms with van der Waals surface area (Å²) in [5.41, 5.74) is 7.84. The summed E-state index contributed by atoms with van der Waals surface area (Å²) in [6.45, 7) is 0. The van der Waals surface area contributed by atoms with Gasteiger partial charge in [-0.15, -0.1) is 0 Å². The molecule has 0 spiro atoms. The number of ketones is 1. The molecule has 4 nitrogen and oxygen atoms in total. The molecule has 1 aliphatic rings. The summed E-state index contributed by atoms with van der Waals surface area (Å²) in [5.74, 6) is -0.691. The number of hydrogen-bond donors (Lipinski definition) is 2. The van der Waals surface area contributed by atoms with E-state index in [-0.39, 0.29) is 24.2 Å². The van der Waals surface area contributed by atoms with Crippen LogP contribution in [0.25, 0.3) is 0 Å². The van der Waals surface area contributed by atoms with Gasteiger partial charge in [0.25, 0.3) is 0 Å². The zero-order valence-corrected chi connectivity index (χ0v) is 14.0. The average Bonchev–Trinajstić information content (AvgIpc) is 2.51. The SMILES string of the molecule is NC(=O)CC1Nc2cccc(Br)c2C(=O)C1Cc1ccccc1. The zero-order valence-electron chi connectivity index (χ0n) is 12.5. The van der Waals surface area contributed by atoms with E-state index in [1.54, 1.807) is 0 Å². The minimum atomic E-state index is -0.410. The summed E-state index contributed by atoms with van der Waals surface area (Å²) >= 11 is 3.45. The van der Waals surface area contributed by atoms with Gasteiger partial charge < -0.3 is 11.1 Å². The van der Waals surface area contributed by atoms with Crippen LogP contribution in [0, 0.1) is 5.92 Å². The molecular weight excluding hydrogens is 356 g/mol. The highest BCUT2D eigenvalue weighted by atomic mass is 79.9. The second kappa shape index (κ2) is 6.54. The van der Waals surface area contributed by atoms with Crippen molar-refractivity contribution in [1.29, 1.82) is 0 Å². The number of fused-ring (bicyclic) bond motifs is 1. The van der Waals surface area contributed by atoms with Crippen LogP contribution >= 0.6 is 15.9 Å². The van der Waals surface area contributed by atoms with Crippen molar-refractivity contribution in [3.05, 3.63) is 64.1 Å². The zero-order chi connectivity index (χ0) is 16.4. The Bertz CT molecular complexity index is 746. The van der Waals surface area contributed by atoms with Crippen LogP contribution in [0.5, 0.6) is 0 Å². The summed E-state index contributed by atoms with van der Waals surface area (Å²) < 4.78 is 0.767. The Balaban J connectivity index is 1.98. The molecule has 0 bridgehead atoms. The maximum absolute atomic E-state index is 13.0. The molecule has 118 valence electrons. The van der Waals surface area contributed by atoms with Crippen LogP contribution < -0.4 is 11.1 Å². The molecule has 2 unspecified atom stereocenters. The van der Waals surface area contributed by atoms with E-state index in [1.807, 2.05) is 48.5 Å². The highest BCUT2D eigenvalue weighted by molar-refractivity contribution is 9.10. The first-order chi connectivity index (χ1) is 11.1. The van der Waals surface area contributed by atoms with Crippen molar-refractivity contribution in [2.24, 2.45) is 11.7 Å². The van der Waals surface area contributed by atoms with Gasteiger partial charge in [-0.25, -0.2) is 0 Å². The van der Waals surface area contributed by atoms with Crippen molar-refractivity contribution in [3.63, 3.8) is 0 Å². The molecule has 23 heavy (non-hydrogen) atoms. The number of Topliss-reactive ketones (excluding diaryl/α,β-unsaturated/α-hetero) is 1. The maximum atomic E-state index is 13.0. The Kier molecular flexibility index (Phi) is 4.48. The number of nitrogens with one attached hydrogen (secondary N) is 1. The van der Waals surface area contributed by atoms with Crippen LogP contribution in [0.4, 0.5) is 5.69 Å². The molecule has 5 heteroatoms. The van der Waals surface area contributed by atoms with Gasteiger partial charge in [-0.1, -0.05) is 36.4 Å². The molecule has 0 radical (unpaired) electrons. The number of carbonyl (C=O) groups excluding carboxylic acids is 2. The van der Waals surface area contributed by atoms with Crippen molar-refractivity contribution in [2.45, 2.75) is 18.9 Å². The lowest BCUT2D eigenvalue weighted by Crippen LogP contribution is -2.43. The van der Waals surface area contributed by atoms with Gasteiger partial charge in [0.15, 0.2) is 5.78 Å². The lowest BCUT2D eigenvalue weighted by atomic mass is 9.80. The first kappa shape index (κ1) is 15.7. The van der Waals surface area contributed by atoms with Gasteiger partial charge in [-0.3, -0.25) is 9.59 Å². The number of carbonyl (C=O) groups is 2. The van der Waals surface area contributed by atoms with Crippen molar-refractivity contribution in [1.82, 2.24) is 0 Å². The van der Waals surface area contributed by atoms with Gasteiger partial charge in [-0.05, 0) is 40.0 Å². The molecule has 0 fully saturated rings. The fraction of sp³-hybridized carbons (Fsp3) is 0.222. The molecule has 3 N–H and O–H groups in total. The van der Waals surface area contributed by atoms with Crippen molar-refractivity contribution >= 4 is 33.3 Å². The van der Waals surface area contributed by atoms with Crippen LogP contribution in [0.3, 0.4) is 0 Å². The van der Waals surface area contributed by atoms with Gasteiger partial charge >= 0.3 is 0 Å². The van der Waals surface area contributed by atoms with E-state index in [1.165, 1.54) is 0 Å². The predicted octanol–water partition coefficient (Wildman–Crippen LogP) is 3.16. The van der Waals surface area contributed by atoms with E-state index < -0.39 is 5.91 Å². The molecule has 0 aromatic heterocycles. The predicted molar refractivity (Wildman–Crippen MR) is 93.3 cm³/mol. The van der Waals surface area contributed by atoms with E-state index in [2.05, 4.69) is 21.2 Å². The molecule has 1 aliphatic heterocycles. The highest BCUT2D eigenvalue weighted by Gasteiger charge is 2.37. The fourth-order valence-corrected chi connectivity index (χ4v) is 3.64. The van der Waals surface area contributed by atoms with E-state index in [9.17, 15) is 9.59 Å². The van der Waals surface area contributed by atoms with Crippen LogP contribution in [0.1, 0.15) is 22.3 Å². The topological polar surface area (TPSA) is 72.2 Å². The molecule has 3 rings (SSSR count). The molecule has 2 aromatic carbocycles. The molecule has 1 heterocycles. The number of hydrogen-bond acceptors (Lipinski definition) is 3. The van der Waals surface area contributed by atoms with Gasteiger partial charge in [0, 0.05) is 28.5 Å². The third kappa shape index (κ3) is 3.29. The molecule has 0 saturated heterocycles. The Morgan fingerprint density at radius 2 is 1.87 bits per heavy atom. The molecule has 2 atom stereocenters. The van der Waals surface area contributed by atoms with Crippen LogP contribution in [-0.2, 0) is 11.2 Å². The number of primary amides is 1. The molecular formula is C18H17BrN2O2. The first-order valence-electron chi connectivity index (χ1n) is 7.47. The second-order valence-electron chi connectivity index (χ2n) is 5.74. The summed E-state index contributed by atoms with van der Waals surface area (Å²) in [6, 6.07) is 15.1. The number of amides is 1. The van der Waals surface area contributed by atoms with E-state index in [4.69, 9.17) is 5.73 Å². The summed E-state index contributed by atoms with van der Waals surface area (Å²) in [6.07, 6.45) is 0.709. The Hall–Kier alpha value is -2.14. The number of rotatable bonds is 4. The Morgan fingerprint density at radius 1 is 1.13 bits per heavy atom. The second-order valence-corrected chi connectivity index (χ2v) is 6.60. The van der Waals surface area contributed by atoms with E-state index >= 15 is 0 Å². The monoisotopic (exact) mass is 372 g/mol. The van der Waals surface area contributed by atoms with Gasteiger partial charge in [-0.2, -0.15) is 0 Å². The average molecular weight is 373 g/mol. The van der Waals surface area contributed by atoms with E-state index in [0.717, 1.165) is 15.7 Å². The van der Waals surface area contributed by atoms with Gasteiger partial charge in [0.2, 0.25) is 5.91 Å². The number of nitrogens with two attached hydrogens (primary N) is 1. The van der Waals surface area contributed by atoms with Gasteiger partial charge in [0.1, 0.15) is 0 Å². The molecule has 0 aliphatic carbocycles. The highest BCUT2D eigenvalue weighted by Crippen LogP contribution is 2.35. The summed E-state index contributed by atoms with van der Waals surface area (Å²) in [7, 11) is 0. The normalized spacial score (nSPS) is 19.8. The van der Waals surface area contributed by atoms with Gasteiger partial charge in [0.05, 0.1) is 5.56 Å². The van der Waals surface area contributed by atoms with E-state index in [0.29, 0.717) is 12.0 Å². The van der Waals surface area contributed by atoms with Crippen molar-refractivity contribution in [2.75, 3.05) is 5.32 Å². The quantitative estimate of drug-likeness (QED) is 0.865. The minimum absolute atomic E-state index is 0.0429. The van der Waals surface area contributed by atoms with Crippen LogP contribution in [0.2, 0.25) is 0 Å². The maximum Gasteiger partial charge on any atom is 0.219 e. The first-order valence-corrected chi connectivity index (χ1v) is 8.27. The fourth-order valence-electron chi connectivity index (χ4n) is 3.08. The lowest BCUT2D eigenvalue weighted by Gasteiger charge is -2.33. The third-order valence-corrected chi connectivity index (χ3v) is 4.80. The minimum Gasteiger partial charge on any atom is -0.380 e. The molecule has 1 amide bonds. The smallest absolute Gasteiger partial charge is 0.219 e. The van der Waals surface area contributed by atoms with Crippen LogP contribution in [-0.4, -0.2) is 17.7 Å². The van der Waals surface area contributed by atoms with Crippen molar-refractivity contribution in [3.8, 4) is 0 Å². The standard InChI is InChI=1S/C18H17BrN2O2/c19-13-7-4-8-14-17(13)18(23)12(15(21-14)10-16(20)22)9-11-5-2-1-3-6-11/h1-8,12,15,21H,9-10H2,(H2,20,22). The summed E-state index contributed by atoms with van der Waals surface area (Å²) in [5, 5.41) is 3.32. The van der Waals surface area contributed by atoms with Crippen molar-refractivity contribution < 1.29 is 9.59 Å². The Morgan fingerprint density at radius 3 is 2.57 bits per heavy atom. The largest absolute Gasteiger partial charge is 0.380 e. The van der Waals surface area contributed by atoms with Crippen LogP contribution in [0.15, 0.2) is 53.0 Å².